The normalized spacial score (nSPS) is 19.0. The lowest BCUT2D eigenvalue weighted by atomic mass is 9.95. The Morgan fingerprint density at radius 3 is 2.27 bits per heavy atom. The van der Waals surface area contributed by atoms with E-state index in [9.17, 15) is 14.0 Å². The lowest BCUT2D eigenvalue weighted by Gasteiger charge is -2.31. The Bertz CT molecular complexity index is 546. The van der Waals surface area contributed by atoms with E-state index in [2.05, 4.69) is 5.32 Å². The number of piperidine rings is 1. The Morgan fingerprint density at radius 1 is 1.05 bits per heavy atom. The monoisotopic (exact) mass is 304 g/mol. The first-order valence-corrected chi connectivity index (χ1v) is 7.94. The Morgan fingerprint density at radius 2 is 1.68 bits per heavy atom. The molecule has 5 heteroatoms. The Hall–Kier alpha value is -1.91. The highest BCUT2D eigenvalue weighted by Gasteiger charge is 2.35. The molecule has 1 saturated heterocycles. The zero-order chi connectivity index (χ0) is 15.5. The fourth-order valence-electron chi connectivity index (χ4n) is 2.89. The summed E-state index contributed by atoms with van der Waals surface area (Å²) < 4.78 is 12.8. The molecule has 1 aromatic carbocycles. The zero-order valence-corrected chi connectivity index (χ0v) is 12.6. The minimum Gasteiger partial charge on any atom is -0.352 e. The molecule has 118 valence electrons. The van der Waals surface area contributed by atoms with Gasteiger partial charge in [-0.1, -0.05) is 12.1 Å². The number of hydrogen-bond donors (Lipinski definition) is 1. The van der Waals surface area contributed by atoms with E-state index in [0.29, 0.717) is 19.6 Å². The fraction of sp³-hybridized carbons (Fsp3) is 0.529. The molecule has 22 heavy (non-hydrogen) atoms. The third-order valence-corrected chi connectivity index (χ3v) is 4.48. The molecule has 1 heterocycles. The largest absolute Gasteiger partial charge is 0.352 e. The van der Waals surface area contributed by atoms with Gasteiger partial charge in [-0.25, -0.2) is 4.39 Å². The van der Waals surface area contributed by atoms with Crippen molar-refractivity contribution in [3.63, 3.8) is 0 Å². The summed E-state index contributed by atoms with van der Waals surface area (Å²) in [6.07, 6.45) is 3.51. The molecule has 0 unspecified atom stereocenters. The van der Waals surface area contributed by atoms with Crippen LogP contribution in [0.3, 0.4) is 0 Å². The quantitative estimate of drug-likeness (QED) is 0.926. The number of likely N-dealkylation sites (tertiary alicyclic amines) is 1. The Kier molecular flexibility index (Phi) is 4.41. The maximum atomic E-state index is 12.8. The molecule has 4 nitrogen and oxygen atoms in total. The van der Waals surface area contributed by atoms with Crippen LogP contribution in [0, 0.1) is 17.7 Å². The summed E-state index contributed by atoms with van der Waals surface area (Å²) in [4.78, 5) is 26.0. The predicted octanol–water partition coefficient (Wildman–Crippen LogP) is 2.09. The summed E-state index contributed by atoms with van der Waals surface area (Å²) in [6.45, 7) is 1.79. The number of rotatable bonds is 4. The van der Waals surface area contributed by atoms with E-state index in [-0.39, 0.29) is 29.5 Å². The van der Waals surface area contributed by atoms with Crippen molar-refractivity contribution >= 4 is 11.8 Å². The first kappa shape index (κ1) is 15.0. The average molecular weight is 304 g/mol. The standard InChI is InChI=1S/C17H21FN2O2/c18-15-5-1-12(2-6-15)11-19-16(21)13-7-9-20(10-8-13)17(22)14-3-4-14/h1-2,5-6,13-14H,3-4,7-11H2,(H,19,21). The van der Waals surface area contributed by atoms with Crippen LogP contribution in [-0.2, 0) is 16.1 Å². The molecule has 0 bridgehead atoms. The lowest BCUT2D eigenvalue weighted by molar-refractivity contribution is -0.136. The van der Waals surface area contributed by atoms with E-state index in [4.69, 9.17) is 0 Å². The highest BCUT2D eigenvalue weighted by atomic mass is 19.1. The summed E-state index contributed by atoms with van der Waals surface area (Å²) in [5.41, 5.74) is 0.885. The third-order valence-electron chi connectivity index (χ3n) is 4.48. The summed E-state index contributed by atoms with van der Waals surface area (Å²) in [6, 6.07) is 6.13. The molecule has 0 atom stereocenters. The first-order chi connectivity index (χ1) is 10.6. The van der Waals surface area contributed by atoms with Crippen LogP contribution in [-0.4, -0.2) is 29.8 Å². The van der Waals surface area contributed by atoms with Crippen molar-refractivity contribution < 1.29 is 14.0 Å². The van der Waals surface area contributed by atoms with Crippen LogP contribution in [0.5, 0.6) is 0 Å². The molecule has 3 rings (SSSR count). The molecule has 0 spiro atoms. The van der Waals surface area contributed by atoms with Crippen molar-refractivity contribution in [1.29, 1.82) is 0 Å². The summed E-state index contributed by atoms with van der Waals surface area (Å²) in [7, 11) is 0. The SMILES string of the molecule is O=C(NCc1ccc(F)cc1)C1CCN(C(=O)C2CC2)CC1. The molecule has 2 amide bonds. The summed E-state index contributed by atoms with van der Waals surface area (Å²) in [5.74, 6) is 0.253. The second-order valence-corrected chi connectivity index (χ2v) is 6.22. The molecule has 1 aliphatic carbocycles. The zero-order valence-electron chi connectivity index (χ0n) is 12.6. The van der Waals surface area contributed by atoms with Crippen LogP contribution in [0.2, 0.25) is 0 Å². The lowest BCUT2D eigenvalue weighted by Crippen LogP contribution is -2.43. The molecule has 1 saturated carbocycles. The molecular weight excluding hydrogens is 283 g/mol. The van der Waals surface area contributed by atoms with Crippen molar-refractivity contribution in [2.75, 3.05) is 13.1 Å². The van der Waals surface area contributed by atoms with Crippen LogP contribution in [0.4, 0.5) is 4.39 Å². The van der Waals surface area contributed by atoms with Crippen molar-refractivity contribution in [2.24, 2.45) is 11.8 Å². The van der Waals surface area contributed by atoms with Gasteiger partial charge in [0.05, 0.1) is 0 Å². The van der Waals surface area contributed by atoms with Crippen LogP contribution in [0.15, 0.2) is 24.3 Å². The number of amides is 2. The summed E-state index contributed by atoms with van der Waals surface area (Å²) >= 11 is 0. The van der Waals surface area contributed by atoms with E-state index in [1.165, 1.54) is 12.1 Å². The van der Waals surface area contributed by atoms with Crippen molar-refractivity contribution in [2.45, 2.75) is 32.2 Å². The van der Waals surface area contributed by atoms with E-state index < -0.39 is 0 Å². The maximum absolute atomic E-state index is 12.8. The number of nitrogens with one attached hydrogen (secondary N) is 1. The number of nitrogens with zero attached hydrogens (tertiary/aromatic N) is 1. The van der Waals surface area contributed by atoms with Crippen LogP contribution in [0.1, 0.15) is 31.2 Å². The molecule has 1 aromatic rings. The molecule has 0 aromatic heterocycles. The number of hydrogen-bond acceptors (Lipinski definition) is 2. The highest BCUT2D eigenvalue weighted by Crippen LogP contribution is 2.32. The third kappa shape index (κ3) is 3.64. The van der Waals surface area contributed by atoms with E-state index in [0.717, 1.165) is 31.2 Å². The molecular formula is C17H21FN2O2. The van der Waals surface area contributed by atoms with Gasteiger partial charge in [-0.15, -0.1) is 0 Å². The fourth-order valence-corrected chi connectivity index (χ4v) is 2.89. The molecule has 1 aliphatic heterocycles. The van der Waals surface area contributed by atoms with Gasteiger partial charge in [0.1, 0.15) is 5.82 Å². The molecule has 0 radical (unpaired) electrons. The van der Waals surface area contributed by atoms with Gasteiger partial charge in [0.25, 0.3) is 0 Å². The van der Waals surface area contributed by atoms with Gasteiger partial charge in [0.2, 0.25) is 11.8 Å². The molecule has 2 fully saturated rings. The smallest absolute Gasteiger partial charge is 0.225 e. The topological polar surface area (TPSA) is 49.4 Å². The van der Waals surface area contributed by atoms with E-state index in [1.807, 2.05) is 4.90 Å². The van der Waals surface area contributed by atoms with Gasteiger partial charge < -0.3 is 10.2 Å². The maximum Gasteiger partial charge on any atom is 0.225 e. The number of halogens is 1. The second-order valence-electron chi connectivity index (χ2n) is 6.22. The minimum atomic E-state index is -0.275. The summed E-state index contributed by atoms with van der Waals surface area (Å²) in [5, 5.41) is 2.90. The number of carbonyl (C=O) groups excluding carboxylic acids is 2. The minimum absolute atomic E-state index is 0.0244. The van der Waals surface area contributed by atoms with Crippen molar-refractivity contribution in [1.82, 2.24) is 10.2 Å². The highest BCUT2D eigenvalue weighted by molar-refractivity contribution is 5.82. The van der Waals surface area contributed by atoms with Gasteiger partial charge in [0.15, 0.2) is 0 Å². The van der Waals surface area contributed by atoms with Crippen LogP contribution < -0.4 is 5.32 Å². The Labute approximate surface area is 129 Å². The number of benzene rings is 1. The van der Waals surface area contributed by atoms with E-state index >= 15 is 0 Å². The van der Waals surface area contributed by atoms with Gasteiger partial charge in [-0.3, -0.25) is 9.59 Å². The number of carbonyl (C=O) groups is 2. The average Bonchev–Trinajstić information content (AvgIpc) is 3.38. The van der Waals surface area contributed by atoms with Gasteiger partial charge in [-0.2, -0.15) is 0 Å². The van der Waals surface area contributed by atoms with Crippen molar-refractivity contribution in [3.8, 4) is 0 Å². The second kappa shape index (κ2) is 6.46. The van der Waals surface area contributed by atoms with Gasteiger partial charge in [-0.05, 0) is 43.4 Å². The van der Waals surface area contributed by atoms with Crippen molar-refractivity contribution in [3.05, 3.63) is 35.6 Å². The van der Waals surface area contributed by atoms with Crippen LogP contribution in [0.25, 0.3) is 0 Å². The predicted molar refractivity (Wildman–Crippen MR) is 80.3 cm³/mol. The van der Waals surface area contributed by atoms with Gasteiger partial charge >= 0.3 is 0 Å². The van der Waals surface area contributed by atoms with Crippen LogP contribution >= 0.6 is 0 Å². The van der Waals surface area contributed by atoms with Gasteiger partial charge in [0, 0.05) is 31.5 Å². The molecule has 1 N–H and O–H groups in total. The molecule has 2 aliphatic rings. The Balaban J connectivity index is 1.43. The van der Waals surface area contributed by atoms with E-state index in [1.54, 1.807) is 12.1 Å². The first-order valence-electron chi connectivity index (χ1n) is 7.94.